The molecular weight excluding hydrogens is 515 g/mol. The normalized spacial score (nSPS) is 17.7. The number of halogens is 2. The number of rotatable bonds is 7. The van der Waals surface area contributed by atoms with Crippen molar-refractivity contribution in [2.75, 3.05) is 25.0 Å². The van der Waals surface area contributed by atoms with Crippen LogP contribution in [0.15, 0.2) is 66.7 Å². The minimum absolute atomic E-state index is 0.131. The van der Waals surface area contributed by atoms with Gasteiger partial charge in [0.25, 0.3) is 0 Å². The summed E-state index contributed by atoms with van der Waals surface area (Å²) in [6, 6.07) is 22.0. The first-order chi connectivity index (χ1) is 18.4. The lowest BCUT2D eigenvalue weighted by Crippen LogP contribution is -2.54. The van der Waals surface area contributed by atoms with E-state index < -0.39 is 0 Å². The Morgan fingerprint density at radius 1 is 0.947 bits per heavy atom. The Morgan fingerprint density at radius 3 is 2.29 bits per heavy atom. The average Bonchev–Trinajstić information content (AvgIpc) is 3.47. The molecule has 1 saturated carbocycles. The summed E-state index contributed by atoms with van der Waals surface area (Å²) >= 11 is 12.2. The number of likely N-dealkylation sites (tertiary alicyclic amines) is 1. The molecule has 3 aromatic carbocycles. The Bertz CT molecular complexity index is 1300. The number of nitrogens with one attached hydrogen (secondary N) is 2. The lowest BCUT2D eigenvalue weighted by Gasteiger charge is -2.45. The molecule has 0 radical (unpaired) electrons. The third-order valence-electron chi connectivity index (χ3n) is 7.97. The molecule has 1 saturated heterocycles. The standard InChI is InChI=1S/C31H32Cl2N4O/c1-34-27-6-4-5-23(17-27)22-9-11-24(12-10-22)31(13-15-37(16-14-31)29-7-2-3-8-29)35-21-30(38)36-28-19-25(32)18-26(33)20-28/h4-6,9-12,17-20,29,35H,2-3,7-8,13-16,21H2,(H,36,38). The van der Waals surface area contributed by atoms with Crippen LogP contribution in [0.2, 0.25) is 10.0 Å². The lowest BCUT2D eigenvalue weighted by molar-refractivity contribution is -0.116. The SMILES string of the molecule is [C-]#[N+]c1cccc(-c2ccc(C3(NCC(=O)Nc4cc(Cl)cc(Cl)c4)CCN(C4CCCC4)CC3)cc2)c1. The van der Waals surface area contributed by atoms with Gasteiger partial charge in [0.2, 0.25) is 5.91 Å². The Morgan fingerprint density at radius 2 is 1.63 bits per heavy atom. The van der Waals surface area contributed by atoms with Crippen molar-refractivity contribution < 1.29 is 4.79 Å². The van der Waals surface area contributed by atoms with Crippen molar-refractivity contribution in [1.29, 1.82) is 0 Å². The first-order valence-corrected chi connectivity index (χ1v) is 14.0. The van der Waals surface area contributed by atoms with Crippen molar-refractivity contribution in [3.63, 3.8) is 0 Å². The molecule has 0 aromatic heterocycles. The molecule has 2 N–H and O–H groups in total. The van der Waals surface area contributed by atoms with Gasteiger partial charge in [-0.1, -0.05) is 78.5 Å². The Kier molecular flexibility index (Phi) is 8.35. The first kappa shape index (κ1) is 26.7. The van der Waals surface area contributed by atoms with E-state index in [1.807, 2.05) is 24.3 Å². The monoisotopic (exact) mass is 546 g/mol. The molecule has 5 rings (SSSR count). The predicted octanol–water partition coefficient (Wildman–Crippen LogP) is 7.67. The predicted molar refractivity (Wildman–Crippen MR) is 156 cm³/mol. The number of amides is 1. The summed E-state index contributed by atoms with van der Waals surface area (Å²) in [5.74, 6) is -0.131. The molecule has 0 unspecified atom stereocenters. The van der Waals surface area contributed by atoms with E-state index in [1.54, 1.807) is 18.2 Å². The fraction of sp³-hybridized carbons (Fsp3) is 0.355. The Labute approximate surface area is 235 Å². The summed E-state index contributed by atoms with van der Waals surface area (Å²) in [7, 11) is 0. The van der Waals surface area contributed by atoms with Crippen molar-refractivity contribution in [2.24, 2.45) is 0 Å². The van der Waals surface area contributed by atoms with Crippen LogP contribution in [0.25, 0.3) is 16.0 Å². The Hall–Kier alpha value is -2.88. The van der Waals surface area contributed by atoms with Crippen LogP contribution < -0.4 is 10.6 Å². The zero-order valence-electron chi connectivity index (χ0n) is 21.4. The highest BCUT2D eigenvalue weighted by Gasteiger charge is 2.38. The average molecular weight is 548 g/mol. The van der Waals surface area contributed by atoms with Gasteiger partial charge in [-0.05, 0) is 66.6 Å². The van der Waals surface area contributed by atoms with Gasteiger partial charge in [0.1, 0.15) is 0 Å². The van der Waals surface area contributed by atoms with Crippen molar-refractivity contribution in [1.82, 2.24) is 10.2 Å². The van der Waals surface area contributed by atoms with E-state index in [1.165, 1.54) is 31.2 Å². The van der Waals surface area contributed by atoms with Crippen LogP contribution in [0, 0.1) is 6.57 Å². The number of carbonyl (C=O) groups is 1. The maximum atomic E-state index is 12.9. The van der Waals surface area contributed by atoms with Gasteiger partial charge < -0.3 is 10.2 Å². The number of benzene rings is 3. The molecule has 1 aliphatic carbocycles. The maximum Gasteiger partial charge on any atom is 0.238 e. The number of piperidine rings is 1. The lowest BCUT2D eigenvalue weighted by atomic mass is 9.79. The highest BCUT2D eigenvalue weighted by molar-refractivity contribution is 6.35. The molecule has 1 aliphatic heterocycles. The van der Waals surface area contributed by atoms with Crippen LogP contribution in [0.1, 0.15) is 44.1 Å². The summed E-state index contributed by atoms with van der Waals surface area (Å²) in [5, 5.41) is 7.54. The van der Waals surface area contributed by atoms with Crippen LogP contribution >= 0.6 is 23.2 Å². The van der Waals surface area contributed by atoms with Crippen LogP contribution in [0.3, 0.4) is 0 Å². The summed E-state index contributed by atoms with van der Waals surface area (Å²) in [6.07, 6.45) is 7.12. The van der Waals surface area contributed by atoms with Gasteiger partial charge in [0, 0.05) is 40.4 Å². The minimum Gasteiger partial charge on any atom is -0.325 e. The quantitative estimate of drug-likeness (QED) is 0.299. The van der Waals surface area contributed by atoms with Gasteiger partial charge in [0.05, 0.1) is 13.1 Å². The third-order valence-corrected chi connectivity index (χ3v) is 8.41. The van der Waals surface area contributed by atoms with Crippen molar-refractivity contribution in [3.8, 4) is 11.1 Å². The summed E-state index contributed by atoms with van der Waals surface area (Å²) in [5.41, 5.74) is 4.22. The van der Waals surface area contributed by atoms with Gasteiger partial charge in [-0.25, -0.2) is 4.85 Å². The molecule has 0 spiro atoms. The first-order valence-electron chi connectivity index (χ1n) is 13.3. The fourth-order valence-corrected chi connectivity index (χ4v) is 6.45. The van der Waals surface area contributed by atoms with Gasteiger partial charge in [-0.2, -0.15) is 0 Å². The van der Waals surface area contributed by atoms with Gasteiger partial charge >= 0.3 is 0 Å². The van der Waals surface area contributed by atoms with E-state index in [2.05, 4.69) is 44.6 Å². The molecule has 1 amide bonds. The molecule has 196 valence electrons. The molecule has 38 heavy (non-hydrogen) atoms. The highest BCUT2D eigenvalue weighted by atomic mass is 35.5. The second-order valence-corrected chi connectivity index (χ2v) is 11.2. The van der Waals surface area contributed by atoms with E-state index in [4.69, 9.17) is 29.8 Å². The third kappa shape index (κ3) is 6.22. The van der Waals surface area contributed by atoms with Crippen LogP contribution in [0.5, 0.6) is 0 Å². The van der Waals surface area contributed by atoms with Crippen molar-refractivity contribution in [3.05, 3.63) is 93.8 Å². The number of hydrogen-bond acceptors (Lipinski definition) is 3. The number of anilines is 1. The molecule has 0 atom stereocenters. The molecule has 5 nitrogen and oxygen atoms in total. The second-order valence-electron chi connectivity index (χ2n) is 10.4. The fourth-order valence-electron chi connectivity index (χ4n) is 5.93. The second kappa shape index (κ2) is 11.9. The summed E-state index contributed by atoms with van der Waals surface area (Å²) in [4.78, 5) is 19.1. The van der Waals surface area contributed by atoms with Crippen LogP contribution in [0.4, 0.5) is 11.4 Å². The van der Waals surface area contributed by atoms with Gasteiger partial charge in [0.15, 0.2) is 5.69 Å². The van der Waals surface area contributed by atoms with Crippen molar-refractivity contribution >= 4 is 40.5 Å². The molecule has 2 fully saturated rings. The molecule has 3 aromatic rings. The van der Waals surface area contributed by atoms with E-state index in [9.17, 15) is 4.79 Å². The molecule has 7 heteroatoms. The van der Waals surface area contributed by atoms with E-state index >= 15 is 0 Å². The van der Waals surface area contributed by atoms with Gasteiger partial charge in [-0.3, -0.25) is 10.1 Å². The molecule has 0 bridgehead atoms. The van der Waals surface area contributed by atoms with E-state index in [-0.39, 0.29) is 18.0 Å². The van der Waals surface area contributed by atoms with Gasteiger partial charge in [-0.15, -0.1) is 0 Å². The zero-order chi connectivity index (χ0) is 26.5. The maximum absolute atomic E-state index is 12.9. The topological polar surface area (TPSA) is 48.7 Å². The molecule has 1 heterocycles. The molecule has 2 aliphatic rings. The molecular formula is C31H32Cl2N4O. The summed E-state index contributed by atoms with van der Waals surface area (Å²) < 4.78 is 0. The zero-order valence-corrected chi connectivity index (χ0v) is 22.9. The van der Waals surface area contributed by atoms with Crippen molar-refractivity contribution in [2.45, 2.75) is 50.1 Å². The van der Waals surface area contributed by atoms with Crippen LogP contribution in [-0.4, -0.2) is 36.5 Å². The smallest absolute Gasteiger partial charge is 0.238 e. The Balaban J connectivity index is 1.34. The summed E-state index contributed by atoms with van der Waals surface area (Å²) in [6.45, 7) is 9.52. The number of carbonyl (C=O) groups excluding carboxylic acids is 1. The van der Waals surface area contributed by atoms with E-state index in [0.29, 0.717) is 27.5 Å². The largest absolute Gasteiger partial charge is 0.325 e. The van der Waals surface area contributed by atoms with Crippen LogP contribution in [-0.2, 0) is 10.3 Å². The number of nitrogens with zero attached hydrogens (tertiary/aromatic N) is 2. The number of hydrogen-bond donors (Lipinski definition) is 2. The highest BCUT2D eigenvalue weighted by Crippen LogP contribution is 2.37. The van der Waals surface area contributed by atoms with E-state index in [0.717, 1.165) is 37.1 Å². The minimum atomic E-state index is -0.296.